The van der Waals surface area contributed by atoms with Gasteiger partial charge in [-0.05, 0) is 30.3 Å². The molecule has 1 N–H and O–H groups in total. The van der Waals surface area contributed by atoms with Crippen molar-refractivity contribution >= 4 is 11.8 Å². The third-order valence-electron chi connectivity index (χ3n) is 3.00. The summed E-state index contributed by atoms with van der Waals surface area (Å²) in [5.41, 5.74) is 1.11. The van der Waals surface area contributed by atoms with E-state index in [1.54, 1.807) is 30.3 Å². The van der Waals surface area contributed by atoms with Gasteiger partial charge in [-0.1, -0.05) is 23.4 Å². The molecule has 2 aromatic carbocycles. The third kappa shape index (κ3) is 2.85. The fourth-order valence-corrected chi connectivity index (χ4v) is 1.90. The molecule has 0 radical (unpaired) electrons. The number of carbonyl (C=O) groups excluding carboxylic acids is 1. The Hall–Kier alpha value is -3.02. The highest BCUT2D eigenvalue weighted by atomic mass is 19.2. The SMILES string of the molecule is O=C(Nc1cc(-c2ccc(F)c(F)c2)no1)c1ccccc1. The van der Waals surface area contributed by atoms with Gasteiger partial charge in [-0.3, -0.25) is 10.1 Å². The van der Waals surface area contributed by atoms with Gasteiger partial charge < -0.3 is 4.52 Å². The summed E-state index contributed by atoms with van der Waals surface area (Å²) in [6.07, 6.45) is 0. The van der Waals surface area contributed by atoms with Gasteiger partial charge in [0.1, 0.15) is 5.69 Å². The first-order valence-corrected chi connectivity index (χ1v) is 6.42. The van der Waals surface area contributed by atoms with Crippen molar-refractivity contribution in [1.29, 1.82) is 0 Å². The van der Waals surface area contributed by atoms with Crippen LogP contribution in [-0.4, -0.2) is 11.1 Å². The number of nitrogens with one attached hydrogen (secondary N) is 1. The fourth-order valence-electron chi connectivity index (χ4n) is 1.90. The molecule has 0 bridgehead atoms. The maximum Gasteiger partial charge on any atom is 0.258 e. The molecule has 0 atom stereocenters. The number of halogens is 2. The summed E-state index contributed by atoms with van der Waals surface area (Å²) < 4.78 is 31.1. The number of aromatic nitrogens is 1. The van der Waals surface area contributed by atoms with Crippen molar-refractivity contribution in [2.24, 2.45) is 0 Å². The van der Waals surface area contributed by atoms with Crippen LogP contribution in [0.5, 0.6) is 0 Å². The Morgan fingerprint density at radius 3 is 2.50 bits per heavy atom. The highest BCUT2D eigenvalue weighted by Crippen LogP contribution is 2.23. The van der Waals surface area contributed by atoms with E-state index in [9.17, 15) is 13.6 Å². The fraction of sp³-hybridized carbons (Fsp3) is 0. The first-order valence-electron chi connectivity index (χ1n) is 6.42. The zero-order valence-corrected chi connectivity index (χ0v) is 11.2. The van der Waals surface area contributed by atoms with Crippen LogP contribution in [0.1, 0.15) is 10.4 Å². The third-order valence-corrected chi connectivity index (χ3v) is 3.00. The van der Waals surface area contributed by atoms with Crippen molar-refractivity contribution in [2.75, 3.05) is 5.32 Å². The molecule has 1 amide bonds. The van der Waals surface area contributed by atoms with Crippen LogP contribution in [0.15, 0.2) is 59.1 Å². The molecule has 4 nitrogen and oxygen atoms in total. The van der Waals surface area contributed by atoms with Crippen molar-refractivity contribution in [2.45, 2.75) is 0 Å². The van der Waals surface area contributed by atoms with Crippen molar-refractivity contribution in [3.05, 3.63) is 71.8 Å². The molecule has 110 valence electrons. The van der Waals surface area contributed by atoms with Crippen molar-refractivity contribution in [3.8, 4) is 11.3 Å². The summed E-state index contributed by atoms with van der Waals surface area (Å²) in [4.78, 5) is 12.0. The van der Waals surface area contributed by atoms with E-state index in [0.29, 0.717) is 16.8 Å². The van der Waals surface area contributed by atoms with Crippen LogP contribution >= 0.6 is 0 Å². The average Bonchev–Trinajstić information content (AvgIpc) is 2.99. The predicted molar refractivity (Wildman–Crippen MR) is 76.3 cm³/mol. The van der Waals surface area contributed by atoms with Gasteiger partial charge in [-0.15, -0.1) is 0 Å². The first-order chi connectivity index (χ1) is 10.6. The normalized spacial score (nSPS) is 10.5. The van der Waals surface area contributed by atoms with Gasteiger partial charge in [0.15, 0.2) is 11.6 Å². The molecule has 0 saturated heterocycles. The van der Waals surface area contributed by atoms with Crippen LogP contribution in [0.3, 0.4) is 0 Å². The van der Waals surface area contributed by atoms with Crippen LogP contribution in [0, 0.1) is 11.6 Å². The van der Waals surface area contributed by atoms with Gasteiger partial charge in [0.25, 0.3) is 5.91 Å². The Morgan fingerprint density at radius 2 is 1.77 bits per heavy atom. The second-order valence-corrected chi connectivity index (χ2v) is 4.53. The van der Waals surface area contributed by atoms with Gasteiger partial charge in [0.2, 0.25) is 5.88 Å². The molecule has 0 unspecified atom stereocenters. The topological polar surface area (TPSA) is 55.1 Å². The Bertz CT molecular complexity index is 816. The van der Waals surface area contributed by atoms with E-state index in [-0.39, 0.29) is 11.8 Å². The second kappa shape index (κ2) is 5.77. The molecule has 1 heterocycles. The molecule has 3 rings (SSSR count). The van der Waals surface area contributed by atoms with Gasteiger partial charge in [0.05, 0.1) is 0 Å². The predicted octanol–water partition coefficient (Wildman–Crippen LogP) is 3.87. The summed E-state index contributed by atoms with van der Waals surface area (Å²) in [5, 5.41) is 6.26. The lowest BCUT2D eigenvalue weighted by Crippen LogP contribution is -2.10. The molecule has 1 aromatic heterocycles. The van der Waals surface area contributed by atoms with E-state index in [0.717, 1.165) is 12.1 Å². The Balaban J connectivity index is 1.79. The molecular formula is C16H10F2N2O2. The Labute approximate surface area is 124 Å². The number of benzene rings is 2. The van der Waals surface area contributed by atoms with E-state index in [2.05, 4.69) is 10.5 Å². The van der Waals surface area contributed by atoms with Crippen molar-refractivity contribution in [1.82, 2.24) is 5.16 Å². The minimum Gasteiger partial charge on any atom is -0.338 e. The zero-order valence-electron chi connectivity index (χ0n) is 11.2. The highest BCUT2D eigenvalue weighted by Gasteiger charge is 2.12. The van der Waals surface area contributed by atoms with Crippen LogP contribution < -0.4 is 5.32 Å². The van der Waals surface area contributed by atoms with E-state index < -0.39 is 11.6 Å². The van der Waals surface area contributed by atoms with E-state index in [1.807, 2.05) is 0 Å². The van der Waals surface area contributed by atoms with E-state index in [4.69, 9.17) is 4.52 Å². The van der Waals surface area contributed by atoms with Crippen molar-refractivity contribution in [3.63, 3.8) is 0 Å². The highest BCUT2D eigenvalue weighted by molar-refractivity contribution is 6.03. The molecule has 3 aromatic rings. The molecule has 0 aliphatic carbocycles. The smallest absolute Gasteiger partial charge is 0.258 e. The van der Waals surface area contributed by atoms with Crippen LogP contribution in [-0.2, 0) is 0 Å². The maximum absolute atomic E-state index is 13.2. The summed E-state index contributed by atoms with van der Waals surface area (Å²) in [5.74, 6) is -2.15. The standard InChI is InChI=1S/C16H10F2N2O2/c17-12-7-6-11(8-13(12)18)14-9-15(22-20-14)19-16(21)10-4-2-1-3-5-10/h1-9H,(H,19,21). The molecule has 0 aliphatic rings. The minimum atomic E-state index is -0.977. The number of hydrogen-bond acceptors (Lipinski definition) is 3. The lowest BCUT2D eigenvalue weighted by molar-refractivity contribution is 0.102. The van der Waals surface area contributed by atoms with Gasteiger partial charge >= 0.3 is 0 Å². The van der Waals surface area contributed by atoms with Gasteiger partial charge in [-0.25, -0.2) is 8.78 Å². The molecule has 0 aliphatic heterocycles. The number of carbonyl (C=O) groups is 1. The van der Waals surface area contributed by atoms with Crippen LogP contribution in [0.2, 0.25) is 0 Å². The molecule has 22 heavy (non-hydrogen) atoms. The number of rotatable bonds is 3. The number of hydrogen-bond donors (Lipinski definition) is 1. The maximum atomic E-state index is 13.2. The van der Waals surface area contributed by atoms with Gasteiger partial charge in [-0.2, -0.15) is 0 Å². The molecule has 0 fully saturated rings. The molecule has 0 spiro atoms. The Kier molecular flexibility index (Phi) is 3.65. The minimum absolute atomic E-state index is 0.119. The number of nitrogens with zero attached hydrogens (tertiary/aromatic N) is 1. The molecular weight excluding hydrogens is 290 g/mol. The van der Waals surface area contributed by atoms with Gasteiger partial charge in [0, 0.05) is 17.2 Å². The second-order valence-electron chi connectivity index (χ2n) is 4.53. The van der Waals surface area contributed by atoms with E-state index in [1.165, 1.54) is 12.1 Å². The summed E-state index contributed by atoms with van der Waals surface area (Å²) in [7, 11) is 0. The quantitative estimate of drug-likeness (QED) is 0.798. The summed E-state index contributed by atoms with van der Waals surface area (Å²) in [6.45, 7) is 0. The average molecular weight is 300 g/mol. The van der Waals surface area contributed by atoms with E-state index >= 15 is 0 Å². The molecule has 6 heteroatoms. The summed E-state index contributed by atoms with van der Waals surface area (Å²) in [6, 6.07) is 13.4. The largest absolute Gasteiger partial charge is 0.338 e. The number of amides is 1. The lowest BCUT2D eigenvalue weighted by atomic mass is 10.1. The van der Waals surface area contributed by atoms with Crippen molar-refractivity contribution < 1.29 is 18.1 Å². The monoisotopic (exact) mass is 300 g/mol. The summed E-state index contributed by atoms with van der Waals surface area (Å²) >= 11 is 0. The lowest BCUT2D eigenvalue weighted by Gasteiger charge is -1.99. The first kappa shape index (κ1) is 13.9. The zero-order chi connectivity index (χ0) is 15.5. The Morgan fingerprint density at radius 1 is 1.00 bits per heavy atom. The number of anilines is 1. The van der Waals surface area contributed by atoms with Crippen LogP contribution in [0.25, 0.3) is 11.3 Å². The van der Waals surface area contributed by atoms with Crippen LogP contribution in [0.4, 0.5) is 14.7 Å². The molecule has 0 saturated carbocycles.